The Morgan fingerprint density at radius 2 is 1.88 bits per heavy atom. The Morgan fingerprint density at radius 1 is 1.29 bits per heavy atom. The summed E-state index contributed by atoms with van der Waals surface area (Å²) in [7, 11) is 3.43. The Morgan fingerprint density at radius 3 is 2.33 bits per heavy atom. The molecule has 130 valence electrons. The molecule has 0 unspecified atom stereocenters. The van der Waals surface area contributed by atoms with E-state index in [0.717, 1.165) is 5.56 Å². The predicted octanol–water partition coefficient (Wildman–Crippen LogP) is 1.53. The molecule has 0 saturated heterocycles. The van der Waals surface area contributed by atoms with Gasteiger partial charge < -0.3 is 10.6 Å². The second kappa shape index (κ2) is 8.46. The number of amides is 2. The van der Waals surface area contributed by atoms with E-state index >= 15 is 0 Å². The molecule has 1 atom stereocenters. The quantitative estimate of drug-likeness (QED) is 0.794. The van der Waals surface area contributed by atoms with Gasteiger partial charge >= 0.3 is 0 Å². The number of nitrogens with one attached hydrogen (secondary N) is 2. The Labute approximate surface area is 143 Å². The van der Waals surface area contributed by atoms with Gasteiger partial charge in [0.1, 0.15) is 5.54 Å². The molecule has 0 radical (unpaired) electrons. The zero-order valence-electron chi connectivity index (χ0n) is 15.0. The van der Waals surface area contributed by atoms with E-state index in [9.17, 15) is 14.9 Å². The van der Waals surface area contributed by atoms with Crippen LogP contribution >= 0.6 is 0 Å². The highest BCUT2D eigenvalue weighted by molar-refractivity contribution is 5.93. The van der Waals surface area contributed by atoms with Crippen LogP contribution in [-0.2, 0) is 11.3 Å². The summed E-state index contributed by atoms with van der Waals surface area (Å²) in [5.41, 5.74) is 0.737. The van der Waals surface area contributed by atoms with Gasteiger partial charge in [0.15, 0.2) is 0 Å². The highest BCUT2D eigenvalue weighted by atomic mass is 16.2. The molecule has 0 fully saturated rings. The minimum Gasteiger partial charge on any atom is -0.355 e. The van der Waals surface area contributed by atoms with Gasteiger partial charge in [0.05, 0.1) is 12.6 Å². The lowest BCUT2D eigenvalue weighted by Gasteiger charge is -2.28. The van der Waals surface area contributed by atoms with Gasteiger partial charge in [0.2, 0.25) is 5.91 Å². The maximum atomic E-state index is 12.1. The smallest absolute Gasteiger partial charge is 0.251 e. The number of benzene rings is 1. The number of nitrogens with zero attached hydrogens (tertiary/aromatic N) is 2. The SMILES string of the molecule is CNC(=O)c1ccc(CN(C)CC(=O)N[C@@](C)(C#N)C(C)C)cc1. The van der Waals surface area contributed by atoms with Crippen molar-refractivity contribution in [3.8, 4) is 6.07 Å². The van der Waals surface area contributed by atoms with E-state index in [0.29, 0.717) is 12.1 Å². The van der Waals surface area contributed by atoms with E-state index in [1.807, 2.05) is 37.9 Å². The lowest BCUT2D eigenvalue weighted by molar-refractivity contribution is -0.123. The first-order valence-electron chi connectivity index (χ1n) is 7.93. The van der Waals surface area contributed by atoms with E-state index in [-0.39, 0.29) is 24.3 Å². The monoisotopic (exact) mass is 330 g/mol. The molecule has 6 heteroatoms. The zero-order valence-corrected chi connectivity index (χ0v) is 15.0. The molecular formula is C18H26N4O2. The number of carbonyl (C=O) groups excluding carboxylic acids is 2. The second-order valence-electron chi connectivity index (χ2n) is 6.47. The van der Waals surface area contributed by atoms with Gasteiger partial charge in [-0.2, -0.15) is 5.26 Å². The molecule has 2 N–H and O–H groups in total. The normalized spacial score (nSPS) is 13.2. The van der Waals surface area contributed by atoms with Gasteiger partial charge in [-0.05, 0) is 37.6 Å². The van der Waals surface area contributed by atoms with Crippen LogP contribution < -0.4 is 10.6 Å². The van der Waals surface area contributed by atoms with E-state index in [1.165, 1.54) is 0 Å². The molecule has 0 saturated carbocycles. The van der Waals surface area contributed by atoms with Crippen molar-refractivity contribution in [2.45, 2.75) is 32.9 Å². The summed E-state index contributed by atoms with van der Waals surface area (Å²) in [4.78, 5) is 25.5. The Kier molecular flexibility index (Phi) is 6.93. The van der Waals surface area contributed by atoms with Crippen LogP contribution in [0.25, 0.3) is 0 Å². The summed E-state index contributed by atoms with van der Waals surface area (Å²) in [5.74, 6) is -0.287. The summed E-state index contributed by atoms with van der Waals surface area (Å²) in [6.07, 6.45) is 0. The zero-order chi connectivity index (χ0) is 18.3. The largest absolute Gasteiger partial charge is 0.355 e. The molecule has 0 aromatic heterocycles. The fraction of sp³-hybridized carbons (Fsp3) is 0.500. The molecule has 0 aliphatic rings. The van der Waals surface area contributed by atoms with E-state index in [4.69, 9.17) is 0 Å². The third kappa shape index (κ3) is 5.36. The minimum absolute atomic E-state index is 0.0222. The fourth-order valence-corrected chi connectivity index (χ4v) is 2.15. The molecule has 6 nitrogen and oxygen atoms in total. The van der Waals surface area contributed by atoms with Crippen LogP contribution in [0.1, 0.15) is 36.7 Å². The lowest BCUT2D eigenvalue weighted by atomic mass is 9.90. The van der Waals surface area contributed by atoms with Crippen molar-refractivity contribution in [1.29, 1.82) is 5.26 Å². The average molecular weight is 330 g/mol. The summed E-state index contributed by atoms with van der Waals surface area (Å²) in [6.45, 7) is 6.31. The van der Waals surface area contributed by atoms with Crippen LogP contribution in [0.2, 0.25) is 0 Å². The van der Waals surface area contributed by atoms with Crippen LogP contribution in [-0.4, -0.2) is 42.9 Å². The summed E-state index contributed by atoms with van der Waals surface area (Å²) < 4.78 is 0. The second-order valence-corrected chi connectivity index (χ2v) is 6.47. The molecule has 0 aliphatic carbocycles. The Hall–Kier alpha value is -2.39. The van der Waals surface area contributed by atoms with Gasteiger partial charge in [-0.25, -0.2) is 0 Å². The number of hydrogen-bond acceptors (Lipinski definition) is 4. The van der Waals surface area contributed by atoms with Crippen LogP contribution in [0.4, 0.5) is 0 Å². The lowest BCUT2D eigenvalue weighted by Crippen LogP contribution is -2.51. The number of hydrogen-bond donors (Lipinski definition) is 2. The highest BCUT2D eigenvalue weighted by Gasteiger charge is 2.30. The molecule has 1 rings (SSSR count). The van der Waals surface area contributed by atoms with Crippen LogP contribution in [0.3, 0.4) is 0 Å². The van der Waals surface area contributed by atoms with Crippen molar-refractivity contribution in [3.63, 3.8) is 0 Å². The minimum atomic E-state index is -0.868. The molecule has 1 aromatic rings. The molecule has 0 aliphatic heterocycles. The van der Waals surface area contributed by atoms with Crippen molar-refractivity contribution in [1.82, 2.24) is 15.5 Å². The molecular weight excluding hydrogens is 304 g/mol. The van der Waals surface area contributed by atoms with Crippen LogP contribution in [0, 0.1) is 17.2 Å². The first-order valence-corrected chi connectivity index (χ1v) is 7.93. The fourth-order valence-electron chi connectivity index (χ4n) is 2.15. The number of nitriles is 1. The Balaban J connectivity index is 2.60. The van der Waals surface area contributed by atoms with Crippen molar-refractivity contribution in [2.24, 2.45) is 5.92 Å². The summed E-state index contributed by atoms with van der Waals surface area (Å²) in [5, 5.41) is 14.6. The van der Waals surface area contributed by atoms with E-state index in [2.05, 4.69) is 16.7 Å². The number of likely N-dealkylation sites (N-methyl/N-ethyl adjacent to an activating group) is 1. The molecule has 2 amide bonds. The third-order valence-electron chi connectivity index (χ3n) is 4.10. The molecule has 24 heavy (non-hydrogen) atoms. The maximum absolute atomic E-state index is 12.1. The summed E-state index contributed by atoms with van der Waals surface area (Å²) >= 11 is 0. The maximum Gasteiger partial charge on any atom is 0.251 e. The first kappa shape index (κ1) is 19.7. The standard InChI is InChI=1S/C18H26N4O2/c1-13(2)18(3,12-19)21-16(23)11-22(5)10-14-6-8-15(9-7-14)17(24)20-4/h6-9,13H,10-11H2,1-5H3,(H,20,24)(H,21,23)/t18-/m0/s1. The van der Waals surface area contributed by atoms with Gasteiger partial charge in [-0.3, -0.25) is 14.5 Å². The van der Waals surface area contributed by atoms with Crippen LogP contribution in [0.5, 0.6) is 0 Å². The van der Waals surface area contributed by atoms with Gasteiger partial charge in [0.25, 0.3) is 5.91 Å². The van der Waals surface area contributed by atoms with Gasteiger partial charge in [-0.15, -0.1) is 0 Å². The third-order valence-corrected chi connectivity index (χ3v) is 4.10. The van der Waals surface area contributed by atoms with Crippen molar-refractivity contribution in [2.75, 3.05) is 20.6 Å². The average Bonchev–Trinajstić information content (AvgIpc) is 2.54. The Bertz CT molecular complexity index is 619. The van der Waals surface area contributed by atoms with Crippen molar-refractivity contribution < 1.29 is 9.59 Å². The van der Waals surface area contributed by atoms with Crippen molar-refractivity contribution >= 4 is 11.8 Å². The first-order chi connectivity index (χ1) is 11.2. The summed E-state index contributed by atoms with van der Waals surface area (Å²) in [6, 6.07) is 9.42. The number of rotatable bonds is 7. The van der Waals surface area contributed by atoms with Gasteiger partial charge in [0, 0.05) is 19.2 Å². The van der Waals surface area contributed by atoms with Crippen molar-refractivity contribution in [3.05, 3.63) is 35.4 Å². The van der Waals surface area contributed by atoms with E-state index < -0.39 is 5.54 Å². The highest BCUT2D eigenvalue weighted by Crippen LogP contribution is 2.15. The van der Waals surface area contributed by atoms with Crippen LogP contribution in [0.15, 0.2) is 24.3 Å². The molecule has 0 bridgehead atoms. The molecule has 1 aromatic carbocycles. The molecule has 0 heterocycles. The number of carbonyl (C=O) groups is 2. The predicted molar refractivity (Wildman–Crippen MR) is 93.2 cm³/mol. The molecule has 0 spiro atoms. The topological polar surface area (TPSA) is 85.2 Å². The van der Waals surface area contributed by atoms with E-state index in [1.54, 1.807) is 26.1 Å². The van der Waals surface area contributed by atoms with Gasteiger partial charge in [-0.1, -0.05) is 26.0 Å².